The van der Waals surface area contributed by atoms with Gasteiger partial charge in [0.05, 0.1) is 12.2 Å². The number of hydrogen-bond donors (Lipinski definition) is 0. The molecule has 120 valence electrons. The largest absolute Gasteiger partial charge is 0.489 e. The van der Waals surface area contributed by atoms with Gasteiger partial charge in [0, 0.05) is 14.7 Å². The molecule has 0 aliphatic carbocycles. The topological polar surface area (TPSA) is 52.6 Å². The number of carbonyl (C=O) groups is 2. The number of carbonyl (C=O) groups excluding carboxylic acids is 2. The van der Waals surface area contributed by atoms with Crippen LogP contribution in [-0.2, 0) is 11.3 Å². The second-order valence-corrected chi connectivity index (χ2v) is 6.03. The van der Waals surface area contributed by atoms with Gasteiger partial charge >= 0.3 is 5.97 Å². The van der Waals surface area contributed by atoms with E-state index in [1.165, 1.54) is 6.92 Å². The second-order valence-electron chi connectivity index (χ2n) is 4.86. The second kappa shape index (κ2) is 8.10. The van der Waals surface area contributed by atoms with E-state index >= 15 is 0 Å². The summed E-state index contributed by atoms with van der Waals surface area (Å²) in [5, 5.41) is 0. The lowest BCUT2D eigenvalue weighted by Gasteiger charge is -2.11. The van der Waals surface area contributed by atoms with Crippen molar-refractivity contribution in [3.63, 3.8) is 0 Å². The van der Waals surface area contributed by atoms with E-state index in [4.69, 9.17) is 9.47 Å². The average Bonchev–Trinajstić information content (AvgIpc) is 2.53. The molecule has 0 unspecified atom stereocenters. The molecule has 0 radical (unpaired) electrons. The number of benzene rings is 2. The van der Waals surface area contributed by atoms with Gasteiger partial charge in [0.15, 0.2) is 5.78 Å². The van der Waals surface area contributed by atoms with E-state index in [0.29, 0.717) is 23.5 Å². The van der Waals surface area contributed by atoms with Gasteiger partial charge in [-0.05, 0) is 60.7 Å². The van der Waals surface area contributed by atoms with Crippen LogP contribution in [0.2, 0.25) is 0 Å². The molecule has 0 saturated carbocycles. The van der Waals surface area contributed by atoms with Crippen LogP contribution in [-0.4, -0.2) is 18.4 Å². The highest BCUT2D eigenvalue weighted by atomic mass is 127. The summed E-state index contributed by atoms with van der Waals surface area (Å²) < 4.78 is 11.6. The summed E-state index contributed by atoms with van der Waals surface area (Å²) in [5.41, 5.74) is 1.94. The third-order valence-corrected chi connectivity index (χ3v) is 4.12. The molecule has 5 heteroatoms. The van der Waals surface area contributed by atoms with Crippen molar-refractivity contribution in [2.24, 2.45) is 0 Å². The Morgan fingerprint density at radius 2 is 1.83 bits per heavy atom. The lowest BCUT2D eigenvalue weighted by Crippen LogP contribution is -2.09. The van der Waals surface area contributed by atoms with Gasteiger partial charge in [-0.15, -0.1) is 0 Å². The smallest absolute Gasteiger partial charge is 0.338 e. The molecule has 0 heterocycles. The number of ketones is 1. The molecule has 0 aliphatic rings. The number of halogens is 1. The van der Waals surface area contributed by atoms with E-state index < -0.39 is 0 Å². The molecule has 23 heavy (non-hydrogen) atoms. The Morgan fingerprint density at radius 1 is 1.09 bits per heavy atom. The van der Waals surface area contributed by atoms with Crippen molar-refractivity contribution in [1.29, 1.82) is 0 Å². The lowest BCUT2D eigenvalue weighted by molar-refractivity contribution is 0.0523. The van der Waals surface area contributed by atoms with Gasteiger partial charge in [0.2, 0.25) is 0 Å². The normalized spacial score (nSPS) is 10.2. The Balaban J connectivity index is 2.14. The third-order valence-electron chi connectivity index (χ3n) is 3.23. The van der Waals surface area contributed by atoms with E-state index in [9.17, 15) is 9.59 Å². The van der Waals surface area contributed by atoms with Crippen LogP contribution in [0.25, 0.3) is 0 Å². The van der Waals surface area contributed by atoms with Gasteiger partial charge in [0.25, 0.3) is 0 Å². The monoisotopic (exact) mass is 424 g/mol. The molecule has 0 N–H and O–H groups in total. The van der Waals surface area contributed by atoms with E-state index in [1.807, 2.05) is 18.2 Å². The van der Waals surface area contributed by atoms with Crippen molar-refractivity contribution >= 4 is 34.3 Å². The van der Waals surface area contributed by atoms with Crippen molar-refractivity contribution in [1.82, 2.24) is 0 Å². The standard InChI is InChI=1S/C18H17IO4/c1-3-22-18(21)16-7-5-4-6-13(16)11-23-14-8-9-15(12(2)20)17(19)10-14/h4-10H,3,11H2,1-2H3. The lowest BCUT2D eigenvalue weighted by atomic mass is 10.1. The summed E-state index contributed by atoms with van der Waals surface area (Å²) in [6, 6.07) is 12.5. The number of ether oxygens (including phenoxy) is 2. The zero-order chi connectivity index (χ0) is 16.8. The molecule has 0 bridgehead atoms. The van der Waals surface area contributed by atoms with Crippen LogP contribution >= 0.6 is 22.6 Å². The van der Waals surface area contributed by atoms with E-state index in [0.717, 1.165) is 9.13 Å². The Labute approximate surface area is 148 Å². The van der Waals surface area contributed by atoms with Crippen molar-refractivity contribution in [3.05, 3.63) is 62.7 Å². The molecule has 0 aliphatic heterocycles. The molecular formula is C18H17IO4. The van der Waals surface area contributed by atoms with Gasteiger partial charge in [-0.2, -0.15) is 0 Å². The fraction of sp³-hybridized carbons (Fsp3) is 0.222. The van der Waals surface area contributed by atoms with Crippen molar-refractivity contribution in [3.8, 4) is 5.75 Å². The molecule has 4 nitrogen and oxygen atoms in total. The molecule has 0 amide bonds. The molecule has 2 rings (SSSR count). The van der Waals surface area contributed by atoms with Crippen molar-refractivity contribution in [2.75, 3.05) is 6.61 Å². The first kappa shape index (κ1) is 17.5. The molecule has 0 aromatic heterocycles. The average molecular weight is 424 g/mol. The fourth-order valence-corrected chi connectivity index (χ4v) is 2.95. The maximum Gasteiger partial charge on any atom is 0.338 e. The Bertz CT molecular complexity index is 725. The highest BCUT2D eigenvalue weighted by Gasteiger charge is 2.12. The van der Waals surface area contributed by atoms with Crippen LogP contribution < -0.4 is 4.74 Å². The zero-order valence-corrected chi connectivity index (χ0v) is 15.1. The van der Waals surface area contributed by atoms with Crippen molar-refractivity contribution < 1.29 is 19.1 Å². The van der Waals surface area contributed by atoms with Gasteiger partial charge in [-0.3, -0.25) is 4.79 Å². The fourth-order valence-electron chi connectivity index (χ4n) is 2.09. The van der Waals surface area contributed by atoms with Crippen LogP contribution in [0, 0.1) is 3.57 Å². The van der Waals surface area contributed by atoms with Gasteiger partial charge in [0.1, 0.15) is 12.4 Å². The first-order valence-corrected chi connectivity index (χ1v) is 8.29. The molecule has 0 spiro atoms. The SMILES string of the molecule is CCOC(=O)c1ccccc1COc1ccc(C(C)=O)c(I)c1. The van der Waals surface area contributed by atoms with Crippen LogP contribution in [0.5, 0.6) is 5.75 Å². The minimum atomic E-state index is -0.354. The quantitative estimate of drug-likeness (QED) is 0.395. The number of hydrogen-bond acceptors (Lipinski definition) is 4. The highest BCUT2D eigenvalue weighted by molar-refractivity contribution is 14.1. The minimum Gasteiger partial charge on any atom is -0.489 e. The Morgan fingerprint density at radius 3 is 2.48 bits per heavy atom. The number of Topliss-reactive ketones (excluding diaryl/α,β-unsaturated/α-hetero) is 1. The molecule has 0 saturated heterocycles. The molecule has 2 aromatic rings. The van der Waals surface area contributed by atoms with E-state index in [1.54, 1.807) is 31.2 Å². The molecule has 2 aromatic carbocycles. The summed E-state index contributed by atoms with van der Waals surface area (Å²) >= 11 is 2.11. The summed E-state index contributed by atoms with van der Waals surface area (Å²) in [5.74, 6) is 0.319. The van der Waals surface area contributed by atoms with Crippen LogP contribution in [0.15, 0.2) is 42.5 Å². The predicted molar refractivity (Wildman–Crippen MR) is 95.9 cm³/mol. The van der Waals surface area contributed by atoms with Crippen molar-refractivity contribution in [2.45, 2.75) is 20.5 Å². The molecule has 0 fully saturated rings. The summed E-state index contributed by atoms with van der Waals surface area (Å²) in [7, 11) is 0. The van der Waals surface area contributed by atoms with Crippen LogP contribution in [0.1, 0.15) is 40.1 Å². The molecule has 0 atom stereocenters. The van der Waals surface area contributed by atoms with E-state index in [2.05, 4.69) is 22.6 Å². The highest BCUT2D eigenvalue weighted by Crippen LogP contribution is 2.22. The number of rotatable bonds is 6. The maximum absolute atomic E-state index is 11.9. The first-order chi connectivity index (χ1) is 11.0. The van der Waals surface area contributed by atoms with Gasteiger partial charge in [-0.1, -0.05) is 18.2 Å². The first-order valence-electron chi connectivity index (χ1n) is 7.21. The van der Waals surface area contributed by atoms with Gasteiger partial charge < -0.3 is 9.47 Å². The predicted octanol–water partition coefficient (Wildman–Crippen LogP) is 4.25. The maximum atomic E-state index is 11.9. The number of esters is 1. The summed E-state index contributed by atoms with van der Waals surface area (Å²) in [4.78, 5) is 23.4. The zero-order valence-electron chi connectivity index (χ0n) is 13.0. The van der Waals surface area contributed by atoms with E-state index in [-0.39, 0.29) is 18.4 Å². The Kier molecular flexibility index (Phi) is 6.15. The summed E-state index contributed by atoms with van der Waals surface area (Å²) in [6.07, 6.45) is 0. The summed E-state index contributed by atoms with van der Waals surface area (Å²) in [6.45, 7) is 3.90. The minimum absolute atomic E-state index is 0.0219. The van der Waals surface area contributed by atoms with Crippen LogP contribution in [0.3, 0.4) is 0 Å². The van der Waals surface area contributed by atoms with Gasteiger partial charge in [-0.25, -0.2) is 4.79 Å². The molecular weight excluding hydrogens is 407 g/mol. The Hall–Kier alpha value is -1.89. The third kappa shape index (κ3) is 4.54. The van der Waals surface area contributed by atoms with Crippen LogP contribution in [0.4, 0.5) is 0 Å².